The van der Waals surface area contributed by atoms with E-state index in [1.54, 1.807) is 17.7 Å². The molecule has 0 aliphatic rings. The molecule has 0 radical (unpaired) electrons. The molecule has 0 aliphatic carbocycles. The second-order valence-electron chi connectivity index (χ2n) is 7.10. The summed E-state index contributed by atoms with van der Waals surface area (Å²) < 4.78 is 1.63. The van der Waals surface area contributed by atoms with Gasteiger partial charge in [0.2, 0.25) is 0 Å². The third kappa shape index (κ3) is 3.17. The van der Waals surface area contributed by atoms with Gasteiger partial charge in [0, 0.05) is 12.6 Å². The molecule has 120 valence electrons. The van der Waals surface area contributed by atoms with Crippen LogP contribution in [0.15, 0.2) is 35.1 Å². The summed E-state index contributed by atoms with van der Waals surface area (Å²) in [5.74, 6) is 0. The van der Waals surface area contributed by atoms with Crippen LogP contribution in [-0.4, -0.2) is 14.5 Å². The summed E-state index contributed by atoms with van der Waals surface area (Å²) in [5.41, 5.74) is 4.68. The van der Waals surface area contributed by atoms with E-state index in [9.17, 15) is 4.79 Å². The highest BCUT2D eigenvalue weighted by Gasteiger charge is 2.17. The Labute approximate surface area is 140 Å². The van der Waals surface area contributed by atoms with Crippen molar-refractivity contribution in [2.45, 2.75) is 27.2 Å². The highest BCUT2D eigenvalue weighted by molar-refractivity contribution is 6.29. The van der Waals surface area contributed by atoms with Crippen LogP contribution < -0.4 is 5.69 Å². The van der Waals surface area contributed by atoms with Gasteiger partial charge in [0.1, 0.15) is 5.15 Å². The fraction of sp³-hybridized carbons (Fsp3) is 0.333. The summed E-state index contributed by atoms with van der Waals surface area (Å²) >= 11 is 6.02. The Bertz CT molecular complexity index is 932. The Morgan fingerprint density at radius 3 is 2.65 bits per heavy atom. The Morgan fingerprint density at radius 1 is 1.26 bits per heavy atom. The molecule has 0 saturated carbocycles. The molecular weight excluding hydrogens is 310 g/mol. The van der Waals surface area contributed by atoms with Gasteiger partial charge in [-0.3, -0.25) is 4.57 Å². The van der Waals surface area contributed by atoms with E-state index in [1.165, 1.54) is 0 Å². The topological polar surface area (TPSA) is 50.7 Å². The van der Waals surface area contributed by atoms with E-state index in [0.717, 1.165) is 34.3 Å². The fourth-order valence-electron chi connectivity index (χ4n) is 2.82. The number of rotatable bonds is 2. The standard InChI is InChI=1S/C18H20ClN3O/c1-18(2,3)10-12-8-11(13-6-5-7-15(19)20-13)9-14-16(12)21-17(23)22(14)4/h5-9H,10H2,1-4H3,(H,21,23). The number of pyridine rings is 1. The van der Waals surface area contributed by atoms with Crippen LogP contribution in [0.2, 0.25) is 5.15 Å². The molecule has 0 saturated heterocycles. The summed E-state index contributed by atoms with van der Waals surface area (Å²) in [7, 11) is 1.78. The fourth-order valence-corrected chi connectivity index (χ4v) is 2.99. The van der Waals surface area contributed by atoms with Gasteiger partial charge in [-0.25, -0.2) is 9.78 Å². The van der Waals surface area contributed by atoms with Crippen molar-refractivity contribution in [1.29, 1.82) is 0 Å². The third-order valence-electron chi connectivity index (χ3n) is 3.83. The highest BCUT2D eigenvalue weighted by atomic mass is 35.5. The average Bonchev–Trinajstić information content (AvgIpc) is 2.74. The number of nitrogens with zero attached hydrogens (tertiary/aromatic N) is 2. The molecule has 0 unspecified atom stereocenters. The molecule has 0 fully saturated rings. The number of benzene rings is 1. The van der Waals surface area contributed by atoms with Crippen LogP contribution in [0, 0.1) is 5.41 Å². The molecule has 3 aromatic rings. The van der Waals surface area contributed by atoms with Gasteiger partial charge < -0.3 is 4.98 Å². The smallest absolute Gasteiger partial charge is 0.305 e. The molecule has 0 bridgehead atoms. The second-order valence-corrected chi connectivity index (χ2v) is 7.49. The van der Waals surface area contributed by atoms with Crippen LogP contribution in [0.4, 0.5) is 0 Å². The lowest BCUT2D eigenvalue weighted by Crippen LogP contribution is -2.11. The first kappa shape index (κ1) is 15.8. The minimum absolute atomic E-state index is 0.105. The first-order valence-electron chi connectivity index (χ1n) is 7.59. The maximum Gasteiger partial charge on any atom is 0.326 e. The zero-order valence-electron chi connectivity index (χ0n) is 13.8. The van der Waals surface area contributed by atoms with Crippen molar-refractivity contribution in [3.63, 3.8) is 0 Å². The van der Waals surface area contributed by atoms with Gasteiger partial charge in [-0.2, -0.15) is 0 Å². The first-order chi connectivity index (χ1) is 10.7. The van der Waals surface area contributed by atoms with Gasteiger partial charge >= 0.3 is 5.69 Å². The maximum absolute atomic E-state index is 12.0. The molecule has 0 spiro atoms. The van der Waals surface area contributed by atoms with E-state index in [4.69, 9.17) is 11.6 Å². The summed E-state index contributed by atoms with van der Waals surface area (Å²) in [6.07, 6.45) is 0.859. The van der Waals surface area contributed by atoms with Gasteiger partial charge in [-0.15, -0.1) is 0 Å². The molecule has 0 amide bonds. The lowest BCUT2D eigenvalue weighted by atomic mass is 9.87. The molecule has 23 heavy (non-hydrogen) atoms. The SMILES string of the molecule is Cn1c(=O)[nH]c2c(CC(C)(C)C)cc(-c3cccc(Cl)n3)cc21. The molecule has 0 atom stereocenters. The lowest BCUT2D eigenvalue weighted by Gasteiger charge is -2.19. The summed E-state index contributed by atoms with van der Waals surface area (Å²) in [4.78, 5) is 19.4. The van der Waals surface area contributed by atoms with Crippen LogP contribution in [0.3, 0.4) is 0 Å². The third-order valence-corrected chi connectivity index (χ3v) is 4.04. The van der Waals surface area contributed by atoms with Crippen LogP contribution in [-0.2, 0) is 13.5 Å². The Hall–Kier alpha value is -2.07. The number of H-pyrrole nitrogens is 1. The average molecular weight is 330 g/mol. The van der Waals surface area contributed by atoms with E-state index in [1.807, 2.05) is 18.2 Å². The van der Waals surface area contributed by atoms with E-state index in [0.29, 0.717) is 5.15 Å². The number of imidazole rings is 1. The Morgan fingerprint density at radius 2 is 2.00 bits per heavy atom. The molecule has 1 N–H and O–H groups in total. The molecular formula is C18H20ClN3O. The van der Waals surface area contributed by atoms with Crippen molar-refractivity contribution in [2.24, 2.45) is 12.5 Å². The molecule has 2 aromatic heterocycles. The molecule has 2 heterocycles. The van der Waals surface area contributed by atoms with Gasteiger partial charge in [0.15, 0.2) is 0 Å². The maximum atomic E-state index is 12.0. The molecule has 1 aromatic carbocycles. The second kappa shape index (κ2) is 5.53. The molecule has 0 aliphatic heterocycles. The van der Waals surface area contributed by atoms with Crippen molar-refractivity contribution in [1.82, 2.24) is 14.5 Å². The van der Waals surface area contributed by atoms with Gasteiger partial charge in [0.25, 0.3) is 0 Å². The number of hydrogen-bond acceptors (Lipinski definition) is 2. The Kier molecular flexibility index (Phi) is 3.80. The van der Waals surface area contributed by atoms with Gasteiger partial charge in [-0.1, -0.05) is 38.4 Å². The predicted octanol–water partition coefficient (Wildman–Crippen LogP) is 4.17. The van der Waals surface area contributed by atoms with E-state index < -0.39 is 0 Å². The normalized spacial score (nSPS) is 12.0. The number of aromatic nitrogens is 3. The summed E-state index contributed by atoms with van der Waals surface area (Å²) in [6, 6.07) is 9.65. The number of fused-ring (bicyclic) bond motifs is 1. The Balaban J connectivity index is 2.28. The summed E-state index contributed by atoms with van der Waals surface area (Å²) in [6.45, 7) is 6.55. The van der Waals surface area contributed by atoms with Crippen LogP contribution in [0.1, 0.15) is 26.3 Å². The van der Waals surface area contributed by atoms with E-state index >= 15 is 0 Å². The zero-order valence-corrected chi connectivity index (χ0v) is 14.5. The van der Waals surface area contributed by atoms with Crippen LogP contribution in [0.25, 0.3) is 22.3 Å². The minimum Gasteiger partial charge on any atom is -0.305 e. The van der Waals surface area contributed by atoms with Crippen molar-refractivity contribution in [3.05, 3.63) is 51.5 Å². The highest BCUT2D eigenvalue weighted by Crippen LogP contribution is 2.30. The van der Waals surface area contributed by atoms with Gasteiger partial charge in [0.05, 0.1) is 16.7 Å². The predicted molar refractivity (Wildman–Crippen MR) is 94.9 cm³/mol. The molecule has 5 heteroatoms. The van der Waals surface area contributed by atoms with Crippen LogP contribution >= 0.6 is 11.6 Å². The first-order valence-corrected chi connectivity index (χ1v) is 7.97. The van der Waals surface area contributed by atoms with Crippen molar-refractivity contribution < 1.29 is 0 Å². The van der Waals surface area contributed by atoms with Gasteiger partial charge in [-0.05, 0) is 41.7 Å². The number of aryl methyl sites for hydroxylation is 1. The largest absolute Gasteiger partial charge is 0.326 e. The number of aromatic amines is 1. The number of nitrogens with one attached hydrogen (secondary N) is 1. The molecule has 4 nitrogen and oxygen atoms in total. The number of hydrogen-bond donors (Lipinski definition) is 1. The quantitative estimate of drug-likeness (QED) is 0.717. The van der Waals surface area contributed by atoms with Crippen molar-refractivity contribution in [3.8, 4) is 11.3 Å². The van der Waals surface area contributed by atoms with E-state index in [2.05, 4.69) is 36.8 Å². The lowest BCUT2D eigenvalue weighted by molar-refractivity contribution is 0.412. The van der Waals surface area contributed by atoms with Crippen molar-refractivity contribution >= 4 is 22.6 Å². The minimum atomic E-state index is -0.105. The van der Waals surface area contributed by atoms with Crippen molar-refractivity contribution in [2.75, 3.05) is 0 Å². The summed E-state index contributed by atoms with van der Waals surface area (Å²) in [5, 5.41) is 0.461. The number of halogens is 1. The zero-order chi connectivity index (χ0) is 16.8. The monoisotopic (exact) mass is 329 g/mol. The van der Waals surface area contributed by atoms with Crippen LogP contribution in [0.5, 0.6) is 0 Å². The molecule has 3 rings (SSSR count). The van der Waals surface area contributed by atoms with E-state index in [-0.39, 0.29) is 11.1 Å².